The lowest BCUT2D eigenvalue weighted by atomic mass is 9.76. The van der Waals surface area contributed by atoms with Crippen molar-refractivity contribution in [3.63, 3.8) is 0 Å². The molecule has 1 atom stereocenters. The average molecular weight is 425 g/mol. The molecule has 2 heterocycles. The number of fused-ring (bicyclic) bond motifs is 1. The van der Waals surface area contributed by atoms with Crippen molar-refractivity contribution in [1.29, 1.82) is 0 Å². The molecule has 6 heteroatoms. The van der Waals surface area contributed by atoms with Crippen LogP contribution in [0.15, 0.2) is 48.5 Å². The highest BCUT2D eigenvalue weighted by atomic mass is 19.1. The first-order valence-corrected chi connectivity index (χ1v) is 11.0. The second-order valence-corrected chi connectivity index (χ2v) is 8.95. The number of nitrogens with one attached hydrogen (secondary N) is 1. The number of carbonyl (C=O) groups excluding carboxylic acids is 2. The highest BCUT2D eigenvalue weighted by Crippen LogP contribution is 2.46. The van der Waals surface area contributed by atoms with E-state index < -0.39 is 11.4 Å². The van der Waals surface area contributed by atoms with Crippen molar-refractivity contribution in [2.45, 2.75) is 57.1 Å². The minimum atomic E-state index is -0.408. The van der Waals surface area contributed by atoms with Crippen LogP contribution < -0.4 is 10.1 Å². The van der Waals surface area contributed by atoms with E-state index in [0.717, 1.165) is 17.7 Å². The molecule has 2 aliphatic rings. The molecule has 5 nitrogen and oxygen atoms in total. The van der Waals surface area contributed by atoms with E-state index in [1.165, 1.54) is 12.1 Å². The molecule has 0 saturated carbocycles. The molecule has 1 spiro atoms. The maximum atomic E-state index is 13.5. The third-order valence-corrected chi connectivity index (χ3v) is 6.22. The number of likely N-dealkylation sites (tertiary alicyclic amines) is 1. The monoisotopic (exact) mass is 424 g/mol. The van der Waals surface area contributed by atoms with Crippen LogP contribution in [-0.2, 0) is 4.79 Å². The van der Waals surface area contributed by atoms with Crippen molar-refractivity contribution in [2.75, 3.05) is 13.1 Å². The Kier molecular flexibility index (Phi) is 5.99. The zero-order valence-corrected chi connectivity index (χ0v) is 18.1. The van der Waals surface area contributed by atoms with Gasteiger partial charge in [-0.05, 0) is 50.1 Å². The first-order valence-electron chi connectivity index (χ1n) is 11.0. The summed E-state index contributed by atoms with van der Waals surface area (Å²) in [5.41, 5.74) is 1.05. The Morgan fingerprint density at radius 1 is 1.16 bits per heavy atom. The summed E-state index contributed by atoms with van der Waals surface area (Å²) in [4.78, 5) is 27.1. The molecule has 0 aliphatic carbocycles. The first-order chi connectivity index (χ1) is 14.8. The van der Waals surface area contributed by atoms with Crippen molar-refractivity contribution in [2.24, 2.45) is 0 Å². The molecule has 0 unspecified atom stereocenters. The Bertz CT molecular complexity index is 967. The quantitative estimate of drug-likeness (QED) is 0.797. The molecule has 2 aliphatic heterocycles. The topological polar surface area (TPSA) is 58.6 Å². The number of carbonyl (C=O) groups is 2. The highest BCUT2D eigenvalue weighted by Gasteiger charge is 2.44. The standard InChI is InChI=1S/C25H29FN2O3/c1-17(2)27-23(29)15-19-16-25(31-22-9-4-3-8-21(19)22)10-12-28(13-11-25)24(30)18-6-5-7-20(26)14-18/h3-9,14,17,19H,10-13,15-16H2,1-2H3,(H,27,29)/t19-/m1/s1. The summed E-state index contributed by atoms with van der Waals surface area (Å²) in [5, 5.41) is 2.99. The van der Waals surface area contributed by atoms with Crippen molar-refractivity contribution in [1.82, 2.24) is 10.2 Å². The highest BCUT2D eigenvalue weighted by molar-refractivity contribution is 5.94. The normalized spacial score (nSPS) is 19.6. The Morgan fingerprint density at radius 2 is 1.90 bits per heavy atom. The Balaban J connectivity index is 1.48. The van der Waals surface area contributed by atoms with Gasteiger partial charge in [0.2, 0.25) is 5.91 Å². The van der Waals surface area contributed by atoms with E-state index in [0.29, 0.717) is 37.9 Å². The fraction of sp³-hybridized carbons (Fsp3) is 0.440. The summed E-state index contributed by atoms with van der Waals surface area (Å²) >= 11 is 0. The van der Waals surface area contributed by atoms with E-state index in [1.54, 1.807) is 17.0 Å². The molecule has 1 saturated heterocycles. The fourth-order valence-corrected chi connectivity index (χ4v) is 4.76. The maximum absolute atomic E-state index is 13.5. The molecule has 0 radical (unpaired) electrons. The molecule has 2 amide bonds. The summed E-state index contributed by atoms with van der Waals surface area (Å²) in [7, 11) is 0. The largest absolute Gasteiger partial charge is 0.487 e. The average Bonchev–Trinajstić information content (AvgIpc) is 2.73. The van der Waals surface area contributed by atoms with Gasteiger partial charge in [-0.15, -0.1) is 0 Å². The number of para-hydroxylation sites is 1. The zero-order valence-electron chi connectivity index (χ0n) is 18.1. The fourth-order valence-electron chi connectivity index (χ4n) is 4.76. The number of hydrogen-bond acceptors (Lipinski definition) is 3. The molecule has 1 N–H and O–H groups in total. The predicted molar refractivity (Wildman–Crippen MR) is 117 cm³/mol. The van der Waals surface area contributed by atoms with Crippen LogP contribution in [0.1, 0.15) is 61.4 Å². The van der Waals surface area contributed by atoms with Gasteiger partial charge in [0.25, 0.3) is 5.91 Å². The van der Waals surface area contributed by atoms with Crippen LogP contribution in [-0.4, -0.2) is 41.4 Å². The number of hydrogen-bond donors (Lipinski definition) is 1. The number of halogens is 1. The van der Waals surface area contributed by atoms with Gasteiger partial charge in [0.05, 0.1) is 0 Å². The Hall–Kier alpha value is -2.89. The number of nitrogens with zero attached hydrogens (tertiary/aromatic N) is 1. The minimum Gasteiger partial charge on any atom is -0.487 e. The summed E-state index contributed by atoms with van der Waals surface area (Å²) < 4.78 is 20.0. The second kappa shape index (κ2) is 8.69. The number of benzene rings is 2. The predicted octanol–water partition coefficient (Wildman–Crippen LogP) is 4.28. The van der Waals surface area contributed by atoms with Gasteiger partial charge in [0.15, 0.2) is 0 Å². The lowest BCUT2D eigenvalue weighted by Gasteiger charge is -2.47. The van der Waals surface area contributed by atoms with Gasteiger partial charge in [-0.1, -0.05) is 24.3 Å². The minimum absolute atomic E-state index is 0.0468. The first kappa shape index (κ1) is 21.3. The Morgan fingerprint density at radius 3 is 2.61 bits per heavy atom. The van der Waals surface area contributed by atoms with E-state index in [2.05, 4.69) is 5.32 Å². The molecule has 4 rings (SSSR count). The summed E-state index contributed by atoms with van der Waals surface area (Å²) in [6.45, 7) is 5.01. The van der Waals surface area contributed by atoms with Crippen LogP contribution in [0, 0.1) is 5.82 Å². The van der Waals surface area contributed by atoms with Crippen LogP contribution in [0.3, 0.4) is 0 Å². The lowest BCUT2D eigenvalue weighted by Crippen LogP contribution is -2.52. The second-order valence-electron chi connectivity index (χ2n) is 8.95. The number of ether oxygens (including phenoxy) is 1. The lowest BCUT2D eigenvalue weighted by molar-refractivity contribution is -0.122. The van der Waals surface area contributed by atoms with E-state index in [-0.39, 0.29) is 23.8 Å². The van der Waals surface area contributed by atoms with E-state index in [9.17, 15) is 14.0 Å². The Labute approximate surface area is 182 Å². The van der Waals surface area contributed by atoms with Crippen LogP contribution in [0.2, 0.25) is 0 Å². The molecule has 0 aromatic heterocycles. The molecule has 2 aromatic carbocycles. The van der Waals surface area contributed by atoms with Crippen molar-refractivity contribution >= 4 is 11.8 Å². The van der Waals surface area contributed by atoms with Gasteiger partial charge in [-0.25, -0.2) is 4.39 Å². The van der Waals surface area contributed by atoms with Gasteiger partial charge in [0.1, 0.15) is 17.2 Å². The summed E-state index contributed by atoms with van der Waals surface area (Å²) in [6, 6.07) is 13.9. The summed E-state index contributed by atoms with van der Waals surface area (Å²) in [5.74, 6) is 0.397. The van der Waals surface area contributed by atoms with E-state index >= 15 is 0 Å². The van der Waals surface area contributed by atoms with E-state index in [4.69, 9.17) is 4.74 Å². The third-order valence-electron chi connectivity index (χ3n) is 6.22. The molecule has 0 bridgehead atoms. The van der Waals surface area contributed by atoms with Crippen molar-refractivity contribution in [3.05, 3.63) is 65.5 Å². The van der Waals surface area contributed by atoms with Crippen LogP contribution >= 0.6 is 0 Å². The van der Waals surface area contributed by atoms with Crippen LogP contribution in [0.5, 0.6) is 5.75 Å². The van der Waals surface area contributed by atoms with E-state index in [1.807, 2.05) is 38.1 Å². The number of amides is 2. The molecular weight excluding hydrogens is 395 g/mol. The summed E-state index contributed by atoms with van der Waals surface area (Å²) in [6.07, 6.45) is 2.54. The smallest absolute Gasteiger partial charge is 0.253 e. The number of rotatable bonds is 4. The van der Waals surface area contributed by atoms with Crippen molar-refractivity contribution < 1.29 is 18.7 Å². The molecule has 31 heavy (non-hydrogen) atoms. The zero-order chi connectivity index (χ0) is 22.0. The SMILES string of the molecule is CC(C)NC(=O)C[C@@H]1CC2(CCN(C(=O)c3cccc(F)c3)CC2)Oc2ccccc21. The molecule has 2 aromatic rings. The van der Waals surface area contributed by atoms with Gasteiger partial charge in [0, 0.05) is 49.9 Å². The molecule has 164 valence electrons. The molecular formula is C25H29FN2O3. The number of piperidine rings is 1. The molecule has 1 fully saturated rings. The van der Waals surface area contributed by atoms with Gasteiger partial charge < -0.3 is 15.0 Å². The van der Waals surface area contributed by atoms with Crippen LogP contribution in [0.25, 0.3) is 0 Å². The van der Waals surface area contributed by atoms with Crippen molar-refractivity contribution in [3.8, 4) is 5.75 Å². The van der Waals surface area contributed by atoms with Gasteiger partial charge >= 0.3 is 0 Å². The third kappa shape index (κ3) is 4.73. The maximum Gasteiger partial charge on any atom is 0.253 e. The van der Waals surface area contributed by atoms with Crippen LogP contribution in [0.4, 0.5) is 4.39 Å². The van der Waals surface area contributed by atoms with Gasteiger partial charge in [-0.2, -0.15) is 0 Å². The van der Waals surface area contributed by atoms with Gasteiger partial charge in [-0.3, -0.25) is 9.59 Å².